The summed E-state index contributed by atoms with van der Waals surface area (Å²) in [6, 6.07) is 0.367. The largest absolute Gasteiger partial charge is 0.354 e. The molecular formula is C20H27BrN4O2S. The van der Waals surface area contributed by atoms with E-state index in [0.717, 1.165) is 29.6 Å². The zero-order valence-corrected chi connectivity index (χ0v) is 18.3. The second-order valence-electron chi connectivity index (χ2n) is 8.93. The van der Waals surface area contributed by atoms with Crippen molar-refractivity contribution in [1.82, 2.24) is 15.6 Å². The van der Waals surface area contributed by atoms with Gasteiger partial charge in [-0.1, -0.05) is 17.8 Å². The molecule has 1 aromatic rings. The van der Waals surface area contributed by atoms with E-state index in [1.54, 1.807) is 6.20 Å². The number of anilines is 1. The van der Waals surface area contributed by atoms with E-state index in [4.69, 9.17) is 0 Å². The van der Waals surface area contributed by atoms with Gasteiger partial charge in [0.05, 0.1) is 21.8 Å². The van der Waals surface area contributed by atoms with Crippen LogP contribution in [0.1, 0.15) is 44.9 Å². The van der Waals surface area contributed by atoms with Crippen molar-refractivity contribution >= 4 is 44.2 Å². The summed E-state index contributed by atoms with van der Waals surface area (Å²) >= 11 is 4.81. The van der Waals surface area contributed by atoms with Gasteiger partial charge in [0.25, 0.3) is 0 Å². The number of carbonyl (C=O) groups is 2. The Balaban J connectivity index is 1.31. The first-order valence-electron chi connectivity index (χ1n) is 10.5. The molecule has 1 saturated heterocycles. The lowest BCUT2D eigenvalue weighted by Gasteiger charge is -2.30. The molecule has 1 unspecified atom stereocenters. The molecule has 5 rings (SSSR count). The fourth-order valence-corrected chi connectivity index (χ4v) is 7.41. The third-order valence-corrected chi connectivity index (χ3v) is 8.99. The summed E-state index contributed by atoms with van der Waals surface area (Å²) in [6.45, 7) is 1.71. The SMILES string of the molecule is O=C(NCC1CCCCN1)[C@H]1[C@H](C(=O)Nc2ncc(Br)s2)[C@@H]2CC[C@H]1C21CC1. The quantitative estimate of drug-likeness (QED) is 0.622. The van der Waals surface area contributed by atoms with Crippen LogP contribution in [0.3, 0.4) is 0 Å². The van der Waals surface area contributed by atoms with Crippen LogP contribution < -0.4 is 16.0 Å². The molecule has 1 aromatic heterocycles. The fraction of sp³-hybridized carbons (Fsp3) is 0.750. The smallest absolute Gasteiger partial charge is 0.230 e. The highest BCUT2D eigenvalue weighted by molar-refractivity contribution is 9.11. The summed E-state index contributed by atoms with van der Waals surface area (Å²) in [5.41, 5.74) is 0.260. The van der Waals surface area contributed by atoms with Crippen LogP contribution in [0, 0.1) is 29.1 Å². The first-order chi connectivity index (χ1) is 13.6. The van der Waals surface area contributed by atoms with E-state index in [1.807, 2.05) is 0 Å². The molecule has 1 spiro atoms. The molecule has 28 heavy (non-hydrogen) atoms. The number of amides is 2. The van der Waals surface area contributed by atoms with E-state index in [2.05, 4.69) is 36.9 Å². The van der Waals surface area contributed by atoms with Gasteiger partial charge in [-0.25, -0.2) is 4.98 Å². The van der Waals surface area contributed by atoms with Gasteiger partial charge in [0.1, 0.15) is 0 Å². The summed E-state index contributed by atoms with van der Waals surface area (Å²) in [5, 5.41) is 10.3. The fourth-order valence-electron chi connectivity index (χ4n) is 6.30. The molecule has 4 fully saturated rings. The van der Waals surface area contributed by atoms with Gasteiger partial charge in [0, 0.05) is 12.6 Å². The number of aromatic nitrogens is 1. The van der Waals surface area contributed by atoms with Gasteiger partial charge in [-0.15, -0.1) is 0 Å². The minimum Gasteiger partial charge on any atom is -0.354 e. The van der Waals surface area contributed by atoms with Crippen LogP contribution in [-0.2, 0) is 9.59 Å². The van der Waals surface area contributed by atoms with Gasteiger partial charge < -0.3 is 16.0 Å². The van der Waals surface area contributed by atoms with Gasteiger partial charge in [0.2, 0.25) is 11.8 Å². The highest BCUT2D eigenvalue weighted by atomic mass is 79.9. The molecule has 8 heteroatoms. The molecule has 3 saturated carbocycles. The van der Waals surface area contributed by atoms with Crippen LogP contribution in [0.4, 0.5) is 5.13 Å². The molecule has 2 heterocycles. The van der Waals surface area contributed by atoms with E-state index < -0.39 is 0 Å². The molecule has 3 N–H and O–H groups in total. The minimum atomic E-state index is -0.219. The molecule has 4 aliphatic rings. The van der Waals surface area contributed by atoms with Crippen molar-refractivity contribution in [2.24, 2.45) is 29.1 Å². The summed E-state index contributed by atoms with van der Waals surface area (Å²) in [6.07, 6.45) is 9.79. The van der Waals surface area contributed by atoms with Crippen LogP contribution in [0.25, 0.3) is 0 Å². The Kier molecular flexibility index (Phi) is 5.00. The van der Waals surface area contributed by atoms with Crippen molar-refractivity contribution in [1.29, 1.82) is 0 Å². The third-order valence-electron chi connectivity index (χ3n) is 7.59. The number of piperidine rings is 1. The van der Waals surface area contributed by atoms with E-state index in [1.165, 1.54) is 37.0 Å². The zero-order valence-electron chi connectivity index (χ0n) is 15.9. The Morgan fingerprint density at radius 1 is 1.18 bits per heavy atom. The van der Waals surface area contributed by atoms with Gasteiger partial charge in [-0.3, -0.25) is 9.59 Å². The van der Waals surface area contributed by atoms with Gasteiger partial charge in [-0.2, -0.15) is 0 Å². The summed E-state index contributed by atoms with van der Waals surface area (Å²) in [7, 11) is 0. The van der Waals surface area contributed by atoms with Crippen LogP contribution in [-0.4, -0.2) is 35.9 Å². The van der Waals surface area contributed by atoms with E-state index in [0.29, 0.717) is 29.6 Å². The van der Waals surface area contributed by atoms with Crippen LogP contribution in [0.2, 0.25) is 0 Å². The lowest BCUT2D eigenvalue weighted by atomic mass is 9.78. The average Bonchev–Trinajstić information content (AvgIpc) is 3.20. The maximum Gasteiger partial charge on any atom is 0.230 e. The third kappa shape index (κ3) is 3.21. The number of hydrogen-bond donors (Lipinski definition) is 3. The molecule has 152 valence electrons. The Morgan fingerprint density at radius 2 is 1.93 bits per heavy atom. The molecule has 0 radical (unpaired) electrons. The number of nitrogens with one attached hydrogen (secondary N) is 3. The number of nitrogens with zero attached hydrogens (tertiary/aromatic N) is 1. The van der Waals surface area contributed by atoms with Gasteiger partial charge in [0.15, 0.2) is 5.13 Å². The molecule has 5 atom stereocenters. The summed E-state index contributed by atoms with van der Waals surface area (Å²) < 4.78 is 0.892. The van der Waals surface area contributed by atoms with Crippen LogP contribution >= 0.6 is 27.3 Å². The van der Waals surface area contributed by atoms with E-state index in [-0.39, 0.29) is 29.1 Å². The lowest BCUT2D eigenvalue weighted by Crippen LogP contribution is -2.48. The van der Waals surface area contributed by atoms with Crippen LogP contribution in [0.5, 0.6) is 0 Å². The van der Waals surface area contributed by atoms with Crippen LogP contribution in [0.15, 0.2) is 9.98 Å². The van der Waals surface area contributed by atoms with Crippen molar-refractivity contribution in [3.05, 3.63) is 9.98 Å². The standard InChI is InChI=1S/C20H27BrN4O2S/c21-14-10-24-19(28-14)25-18(27)16-13-5-4-12(20(13)6-7-20)15(16)17(26)23-9-11-3-1-2-8-22-11/h10-13,15-16,22H,1-9H2,(H,23,26)(H,24,25,27)/t11?,12-,13+,15-,16-/m1/s1. The van der Waals surface area contributed by atoms with Crippen molar-refractivity contribution < 1.29 is 9.59 Å². The average molecular weight is 467 g/mol. The number of thiazole rings is 1. The molecule has 2 bridgehead atoms. The first kappa shape index (κ1) is 19.0. The Morgan fingerprint density at radius 3 is 2.54 bits per heavy atom. The topological polar surface area (TPSA) is 83.1 Å². The maximum absolute atomic E-state index is 13.2. The van der Waals surface area contributed by atoms with Crippen molar-refractivity contribution in [3.63, 3.8) is 0 Å². The predicted octanol–water partition coefficient (Wildman–Crippen LogP) is 3.15. The number of carbonyl (C=O) groups excluding carboxylic acids is 2. The molecule has 0 aromatic carbocycles. The molecular weight excluding hydrogens is 440 g/mol. The number of rotatable bonds is 5. The van der Waals surface area contributed by atoms with E-state index >= 15 is 0 Å². The minimum absolute atomic E-state index is 0.0173. The van der Waals surface area contributed by atoms with Crippen molar-refractivity contribution in [2.75, 3.05) is 18.4 Å². The second kappa shape index (κ2) is 7.36. The van der Waals surface area contributed by atoms with Gasteiger partial charge >= 0.3 is 0 Å². The Hall–Kier alpha value is -0.990. The summed E-state index contributed by atoms with van der Waals surface area (Å²) in [4.78, 5) is 30.7. The molecule has 2 amide bonds. The summed E-state index contributed by atoms with van der Waals surface area (Å²) in [5.74, 6) is 0.388. The Bertz CT molecular complexity index is 774. The predicted molar refractivity (Wildman–Crippen MR) is 112 cm³/mol. The highest BCUT2D eigenvalue weighted by Crippen LogP contribution is 2.74. The molecule has 1 aliphatic heterocycles. The normalized spacial score (nSPS) is 35.1. The number of halogens is 1. The van der Waals surface area contributed by atoms with E-state index in [9.17, 15) is 9.59 Å². The zero-order chi connectivity index (χ0) is 19.3. The van der Waals surface area contributed by atoms with Crippen molar-refractivity contribution in [2.45, 2.75) is 51.0 Å². The maximum atomic E-state index is 13.2. The lowest BCUT2D eigenvalue weighted by molar-refractivity contribution is -0.134. The Labute approximate surface area is 177 Å². The first-order valence-corrected chi connectivity index (χ1v) is 12.1. The van der Waals surface area contributed by atoms with Gasteiger partial charge in [-0.05, 0) is 78.3 Å². The second-order valence-corrected chi connectivity index (χ2v) is 11.3. The molecule has 3 aliphatic carbocycles. The highest BCUT2D eigenvalue weighted by Gasteiger charge is 2.71. The number of hydrogen-bond acceptors (Lipinski definition) is 5. The van der Waals surface area contributed by atoms with Crippen molar-refractivity contribution in [3.8, 4) is 0 Å². The molecule has 6 nitrogen and oxygen atoms in total. The monoisotopic (exact) mass is 466 g/mol.